The highest BCUT2D eigenvalue weighted by atomic mass is 35.5. The van der Waals surface area contributed by atoms with Gasteiger partial charge in [-0.05, 0) is 30.8 Å². The second-order valence-electron chi connectivity index (χ2n) is 3.65. The van der Waals surface area contributed by atoms with Gasteiger partial charge in [0.2, 0.25) is 0 Å². The molecule has 1 aromatic rings. The van der Waals surface area contributed by atoms with Gasteiger partial charge in [0.25, 0.3) is 0 Å². The highest BCUT2D eigenvalue weighted by Crippen LogP contribution is 2.19. The molecule has 0 radical (unpaired) electrons. The number of hydrogen-bond acceptors (Lipinski definition) is 2. The third-order valence-electron chi connectivity index (χ3n) is 2.15. The topological polar surface area (TPSA) is 36.4 Å². The Bertz CT molecular complexity index is 435. The summed E-state index contributed by atoms with van der Waals surface area (Å²) < 4.78 is 0. The third kappa shape index (κ3) is 5.67. The predicted octanol–water partition coefficient (Wildman–Crippen LogP) is 3.59. The molecule has 0 spiro atoms. The molecule has 0 aromatic heterocycles. The molecule has 6 heteroatoms. The van der Waals surface area contributed by atoms with Gasteiger partial charge >= 0.3 is 0 Å². The molecular weight excluding hydrogens is 289 g/mol. The summed E-state index contributed by atoms with van der Waals surface area (Å²) in [5.41, 5.74) is 3.51. The molecule has 18 heavy (non-hydrogen) atoms. The molecule has 1 rings (SSSR count). The van der Waals surface area contributed by atoms with E-state index in [1.807, 2.05) is 0 Å². The average Bonchev–Trinajstić information content (AvgIpc) is 2.32. The Labute approximate surface area is 123 Å². The van der Waals surface area contributed by atoms with Crippen molar-refractivity contribution in [3.8, 4) is 0 Å². The van der Waals surface area contributed by atoms with Crippen LogP contribution < -0.4 is 10.7 Å². The van der Waals surface area contributed by atoms with E-state index in [0.29, 0.717) is 15.2 Å². The van der Waals surface area contributed by atoms with E-state index in [1.165, 1.54) is 0 Å². The van der Waals surface area contributed by atoms with Crippen LogP contribution in [0, 0.1) is 0 Å². The maximum atomic E-state index is 6.00. The van der Waals surface area contributed by atoms with E-state index in [4.69, 9.17) is 35.4 Å². The first-order valence-corrected chi connectivity index (χ1v) is 6.82. The molecule has 0 unspecified atom stereocenters. The molecule has 0 atom stereocenters. The van der Waals surface area contributed by atoms with Crippen molar-refractivity contribution >= 4 is 46.7 Å². The summed E-state index contributed by atoms with van der Waals surface area (Å²) in [5, 5.41) is 8.71. The van der Waals surface area contributed by atoms with E-state index in [9.17, 15) is 0 Å². The maximum absolute atomic E-state index is 6.00. The smallest absolute Gasteiger partial charge is 0.186 e. The number of hydrogen-bond donors (Lipinski definition) is 2. The first-order chi connectivity index (χ1) is 8.63. The number of halogens is 2. The van der Waals surface area contributed by atoms with Crippen LogP contribution in [0.15, 0.2) is 23.3 Å². The fourth-order valence-corrected chi connectivity index (χ4v) is 1.80. The monoisotopic (exact) mass is 303 g/mol. The lowest BCUT2D eigenvalue weighted by Crippen LogP contribution is -2.32. The van der Waals surface area contributed by atoms with Crippen LogP contribution in [0.25, 0.3) is 0 Å². The lowest BCUT2D eigenvalue weighted by Gasteiger charge is -2.05. The van der Waals surface area contributed by atoms with Crippen LogP contribution in [-0.4, -0.2) is 17.9 Å². The first-order valence-electron chi connectivity index (χ1n) is 5.65. The number of rotatable bonds is 5. The molecule has 0 aliphatic carbocycles. The Kier molecular flexibility index (Phi) is 7.01. The number of nitrogens with zero attached hydrogens (tertiary/aromatic N) is 1. The summed E-state index contributed by atoms with van der Waals surface area (Å²) in [5.74, 6) is 0. The predicted molar refractivity (Wildman–Crippen MR) is 82.7 cm³/mol. The van der Waals surface area contributed by atoms with Gasteiger partial charge in [0.15, 0.2) is 5.11 Å². The van der Waals surface area contributed by atoms with Crippen LogP contribution in [0.5, 0.6) is 0 Å². The lowest BCUT2D eigenvalue weighted by atomic mass is 10.2. The number of benzene rings is 1. The Morgan fingerprint density at radius 1 is 1.44 bits per heavy atom. The van der Waals surface area contributed by atoms with Crippen molar-refractivity contribution in [2.24, 2.45) is 5.10 Å². The largest absolute Gasteiger partial charge is 0.361 e. The fourth-order valence-electron chi connectivity index (χ4n) is 1.18. The quantitative estimate of drug-likeness (QED) is 0.378. The SMILES string of the molecule is CCCCNC(=S)NN=Cc1ccc(Cl)cc1Cl. The summed E-state index contributed by atoms with van der Waals surface area (Å²) in [7, 11) is 0. The molecule has 3 nitrogen and oxygen atoms in total. The van der Waals surface area contributed by atoms with Crippen molar-refractivity contribution in [1.29, 1.82) is 0 Å². The van der Waals surface area contributed by atoms with Gasteiger partial charge in [-0.2, -0.15) is 5.10 Å². The maximum Gasteiger partial charge on any atom is 0.186 e. The van der Waals surface area contributed by atoms with Crippen LogP contribution in [0.2, 0.25) is 10.0 Å². The highest BCUT2D eigenvalue weighted by Gasteiger charge is 1.98. The molecule has 0 aliphatic rings. The van der Waals surface area contributed by atoms with E-state index in [0.717, 1.165) is 24.9 Å². The van der Waals surface area contributed by atoms with E-state index < -0.39 is 0 Å². The van der Waals surface area contributed by atoms with Gasteiger partial charge in [-0.25, -0.2) is 0 Å². The van der Waals surface area contributed by atoms with Crippen molar-refractivity contribution in [2.75, 3.05) is 6.54 Å². The minimum absolute atomic E-state index is 0.504. The van der Waals surface area contributed by atoms with Crippen molar-refractivity contribution in [3.05, 3.63) is 33.8 Å². The number of nitrogens with one attached hydrogen (secondary N) is 2. The number of thiocarbonyl (C=S) groups is 1. The number of hydrazone groups is 1. The zero-order valence-electron chi connectivity index (χ0n) is 10.0. The van der Waals surface area contributed by atoms with E-state index in [2.05, 4.69) is 22.8 Å². The van der Waals surface area contributed by atoms with E-state index in [1.54, 1.807) is 24.4 Å². The van der Waals surface area contributed by atoms with E-state index >= 15 is 0 Å². The van der Waals surface area contributed by atoms with Gasteiger partial charge in [-0.1, -0.05) is 42.6 Å². The van der Waals surface area contributed by atoms with Crippen molar-refractivity contribution in [1.82, 2.24) is 10.7 Å². The molecule has 0 heterocycles. The standard InChI is InChI=1S/C12H15Cl2N3S/c1-2-3-6-15-12(18)17-16-8-9-4-5-10(13)7-11(9)14/h4-5,7-8H,2-3,6H2,1H3,(H2,15,17,18). The van der Waals surface area contributed by atoms with Crippen molar-refractivity contribution in [2.45, 2.75) is 19.8 Å². The minimum atomic E-state index is 0.504. The second-order valence-corrected chi connectivity index (χ2v) is 4.90. The fraction of sp³-hybridized carbons (Fsp3) is 0.333. The molecule has 0 saturated heterocycles. The van der Waals surface area contributed by atoms with Crippen LogP contribution in [0.4, 0.5) is 0 Å². The minimum Gasteiger partial charge on any atom is -0.361 e. The summed E-state index contributed by atoms with van der Waals surface area (Å²) in [6.07, 6.45) is 3.81. The van der Waals surface area contributed by atoms with Crippen molar-refractivity contribution < 1.29 is 0 Å². The second kappa shape index (κ2) is 8.29. The van der Waals surface area contributed by atoms with Gasteiger partial charge in [0.05, 0.1) is 11.2 Å². The molecule has 0 fully saturated rings. The highest BCUT2D eigenvalue weighted by molar-refractivity contribution is 7.80. The lowest BCUT2D eigenvalue weighted by molar-refractivity contribution is 0.745. The molecule has 98 valence electrons. The zero-order chi connectivity index (χ0) is 13.4. The molecule has 2 N–H and O–H groups in total. The van der Waals surface area contributed by atoms with Gasteiger partial charge in [0, 0.05) is 17.1 Å². The van der Waals surface area contributed by atoms with Gasteiger partial charge in [0.1, 0.15) is 0 Å². The molecule has 0 aliphatic heterocycles. The molecule has 0 amide bonds. The Hall–Kier alpha value is -0.840. The molecule has 0 saturated carbocycles. The van der Waals surface area contributed by atoms with Crippen LogP contribution >= 0.6 is 35.4 Å². The zero-order valence-corrected chi connectivity index (χ0v) is 12.4. The Morgan fingerprint density at radius 2 is 2.22 bits per heavy atom. The first kappa shape index (κ1) is 15.2. The molecule has 1 aromatic carbocycles. The Morgan fingerprint density at radius 3 is 2.89 bits per heavy atom. The molecular formula is C12H15Cl2N3S. The van der Waals surface area contributed by atoms with Gasteiger partial charge in [-0.15, -0.1) is 0 Å². The van der Waals surface area contributed by atoms with Crippen LogP contribution in [0.1, 0.15) is 25.3 Å². The van der Waals surface area contributed by atoms with Crippen LogP contribution in [-0.2, 0) is 0 Å². The van der Waals surface area contributed by atoms with Crippen molar-refractivity contribution in [3.63, 3.8) is 0 Å². The number of unbranched alkanes of at least 4 members (excludes halogenated alkanes) is 1. The average molecular weight is 304 g/mol. The Balaban J connectivity index is 2.42. The van der Waals surface area contributed by atoms with E-state index in [-0.39, 0.29) is 0 Å². The molecule has 0 bridgehead atoms. The summed E-state index contributed by atoms with van der Waals surface area (Å²) in [6.45, 7) is 2.97. The summed E-state index contributed by atoms with van der Waals surface area (Å²) in [6, 6.07) is 5.22. The normalized spacial score (nSPS) is 10.6. The van der Waals surface area contributed by atoms with Gasteiger partial charge < -0.3 is 5.32 Å². The summed E-state index contributed by atoms with van der Waals surface area (Å²) >= 11 is 16.8. The third-order valence-corrected chi connectivity index (χ3v) is 2.95. The van der Waals surface area contributed by atoms with Gasteiger partial charge in [-0.3, -0.25) is 5.43 Å². The van der Waals surface area contributed by atoms with Crippen LogP contribution in [0.3, 0.4) is 0 Å². The summed E-state index contributed by atoms with van der Waals surface area (Å²) in [4.78, 5) is 0.